The van der Waals surface area contributed by atoms with Gasteiger partial charge in [-0.3, -0.25) is 0 Å². The molecule has 1 heterocycles. The van der Waals surface area contributed by atoms with E-state index in [0.29, 0.717) is 6.79 Å². The summed E-state index contributed by atoms with van der Waals surface area (Å²) >= 11 is 0. The van der Waals surface area contributed by atoms with Gasteiger partial charge in [0.05, 0.1) is 0 Å². The smallest absolute Gasteiger partial charge is 0.231 e. The highest BCUT2D eigenvalue weighted by Crippen LogP contribution is 2.34. The monoisotopic (exact) mass is 179 g/mol. The van der Waals surface area contributed by atoms with Crippen molar-refractivity contribution in [2.75, 3.05) is 6.79 Å². The van der Waals surface area contributed by atoms with Crippen molar-refractivity contribution in [2.45, 2.75) is 19.4 Å². The van der Waals surface area contributed by atoms with Gasteiger partial charge in [0.25, 0.3) is 0 Å². The van der Waals surface area contributed by atoms with Gasteiger partial charge in [-0.25, -0.2) is 0 Å². The van der Waals surface area contributed by atoms with Crippen molar-refractivity contribution in [3.63, 3.8) is 0 Å². The maximum absolute atomic E-state index is 5.89. The highest BCUT2D eigenvalue weighted by molar-refractivity contribution is 5.45. The van der Waals surface area contributed by atoms with E-state index in [0.717, 1.165) is 23.5 Å². The highest BCUT2D eigenvalue weighted by Gasteiger charge is 2.14. The lowest BCUT2D eigenvalue weighted by Crippen LogP contribution is -2.08. The molecule has 0 radical (unpaired) electrons. The number of ether oxygens (including phenoxy) is 2. The number of hydrogen-bond acceptors (Lipinski definition) is 3. The molecule has 1 aromatic carbocycles. The van der Waals surface area contributed by atoms with Crippen LogP contribution in [0.5, 0.6) is 11.5 Å². The van der Waals surface area contributed by atoms with Gasteiger partial charge in [-0.2, -0.15) is 0 Å². The lowest BCUT2D eigenvalue weighted by molar-refractivity contribution is 0.174. The summed E-state index contributed by atoms with van der Waals surface area (Å²) in [5.74, 6) is 1.62. The Morgan fingerprint density at radius 2 is 2.15 bits per heavy atom. The summed E-state index contributed by atoms with van der Waals surface area (Å²) in [7, 11) is 0. The predicted octanol–water partition coefficient (Wildman–Crippen LogP) is 1.83. The molecule has 1 aliphatic rings. The molecule has 1 atom stereocenters. The molecule has 13 heavy (non-hydrogen) atoms. The topological polar surface area (TPSA) is 44.5 Å². The van der Waals surface area contributed by atoms with E-state index in [4.69, 9.17) is 15.2 Å². The van der Waals surface area contributed by atoms with Crippen molar-refractivity contribution in [2.24, 2.45) is 5.73 Å². The second kappa shape index (κ2) is 3.26. The Kier molecular flexibility index (Phi) is 2.10. The molecule has 3 heteroatoms. The van der Waals surface area contributed by atoms with Gasteiger partial charge in [-0.15, -0.1) is 0 Å². The highest BCUT2D eigenvalue weighted by atomic mass is 16.7. The average Bonchev–Trinajstić information content (AvgIpc) is 2.63. The summed E-state index contributed by atoms with van der Waals surface area (Å²) in [6.07, 6.45) is 0.930. The number of rotatable bonds is 2. The molecule has 0 saturated carbocycles. The molecule has 0 aromatic heterocycles. The molecule has 2 rings (SSSR count). The van der Waals surface area contributed by atoms with Crippen LogP contribution in [-0.4, -0.2) is 6.79 Å². The fourth-order valence-corrected chi connectivity index (χ4v) is 1.38. The molecule has 70 valence electrons. The summed E-state index contributed by atoms with van der Waals surface area (Å²) < 4.78 is 10.5. The van der Waals surface area contributed by atoms with Crippen LogP contribution >= 0.6 is 0 Å². The van der Waals surface area contributed by atoms with E-state index < -0.39 is 0 Å². The minimum Gasteiger partial charge on any atom is -0.454 e. The minimum absolute atomic E-state index is 0.0921. The maximum Gasteiger partial charge on any atom is 0.231 e. The van der Waals surface area contributed by atoms with Gasteiger partial charge in [-0.1, -0.05) is 13.0 Å². The SMILES string of the molecule is CCC(N)c1ccc2c(c1)OCO2. The molecule has 1 aromatic rings. The van der Waals surface area contributed by atoms with Crippen molar-refractivity contribution in [3.8, 4) is 11.5 Å². The summed E-state index contributed by atoms with van der Waals surface area (Å²) in [5, 5.41) is 0. The second-order valence-electron chi connectivity index (χ2n) is 3.13. The van der Waals surface area contributed by atoms with Gasteiger partial charge in [0.1, 0.15) is 0 Å². The van der Waals surface area contributed by atoms with Gasteiger partial charge < -0.3 is 15.2 Å². The normalized spacial score (nSPS) is 15.8. The first-order valence-corrected chi connectivity index (χ1v) is 4.46. The van der Waals surface area contributed by atoms with Gasteiger partial charge in [-0.05, 0) is 24.1 Å². The molecule has 0 fully saturated rings. The Balaban J connectivity index is 2.30. The van der Waals surface area contributed by atoms with E-state index in [1.165, 1.54) is 0 Å². The van der Waals surface area contributed by atoms with Crippen molar-refractivity contribution >= 4 is 0 Å². The van der Waals surface area contributed by atoms with Gasteiger partial charge in [0.15, 0.2) is 11.5 Å². The summed E-state index contributed by atoms with van der Waals surface area (Å²) in [6.45, 7) is 2.38. The minimum atomic E-state index is 0.0921. The molecule has 1 unspecified atom stereocenters. The lowest BCUT2D eigenvalue weighted by atomic mass is 10.1. The number of benzene rings is 1. The Morgan fingerprint density at radius 3 is 2.92 bits per heavy atom. The molecular formula is C10H13NO2. The molecule has 3 nitrogen and oxygen atoms in total. The van der Waals surface area contributed by atoms with E-state index in [9.17, 15) is 0 Å². The van der Waals surface area contributed by atoms with Crippen LogP contribution in [0, 0.1) is 0 Å². The Bertz CT molecular complexity index is 312. The van der Waals surface area contributed by atoms with Gasteiger partial charge in [0, 0.05) is 6.04 Å². The third kappa shape index (κ3) is 1.47. The zero-order valence-corrected chi connectivity index (χ0v) is 7.62. The van der Waals surface area contributed by atoms with Crippen LogP contribution in [0.3, 0.4) is 0 Å². The fraction of sp³-hybridized carbons (Fsp3) is 0.400. The molecule has 1 aliphatic heterocycles. The first-order chi connectivity index (χ1) is 6.31. The van der Waals surface area contributed by atoms with Crippen molar-refractivity contribution < 1.29 is 9.47 Å². The van der Waals surface area contributed by atoms with Crippen molar-refractivity contribution in [1.29, 1.82) is 0 Å². The van der Waals surface area contributed by atoms with Crippen molar-refractivity contribution in [3.05, 3.63) is 23.8 Å². The quantitative estimate of drug-likeness (QED) is 0.753. The van der Waals surface area contributed by atoms with E-state index in [1.807, 2.05) is 18.2 Å². The van der Waals surface area contributed by atoms with Gasteiger partial charge in [0.2, 0.25) is 6.79 Å². The van der Waals surface area contributed by atoms with Crippen LogP contribution in [0.1, 0.15) is 24.9 Å². The Hall–Kier alpha value is -1.22. The molecule has 0 bridgehead atoms. The molecular weight excluding hydrogens is 166 g/mol. The number of hydrogen-bond donors (Lipinski definition) is 1. The van der Waals surface area contributed by atoms with E-state index in [2.05, 4.69) is 6.92 Å². The van der Waals surface area contributed by atoms with Crippen LogP contribution in [-0.2, 0) is 0 Å². The molecule has 0 spiro atoms. The average molecular weight is 179 g/mol. The van der Waals surface area contributed by atoms with Crippen LogP contribution in [0.25, 0.3) is 0 Å². The zero-order valence-electron chi connectivity index (χ0n) is 7.62. The maximum atomic E-state index is 5.89. The fourth-order valence-electron chi connectivity index (χ4n) is 1.38. The van der Waals surface area contributed by atoms with Crippen LogP contribution in [0.2, 0.25) is 0 Å². The molecule has 0 amide bonds. The summed E-state index contributed by atoms with van der Waals surface area (Å²) in [5.41, 5.74) is 7.00. The van der Waals surface area contributed by atoms with Crippen LogP contribution < -0.4 is 15.2 Å². The largest absolute Gasteiger partial charge is 0.454 e. The molecule has 0 aliphatic carbocycles. The Labute approximate surface area is 77.5 Å². The Morgan fingerprint density at radius 1 is 1.38 bits per heavy atom. The van der Waals surface area contributed by atoms with Crippen LogP contribution in [0.15, 0.2) is 18.2 Å². The van der Waals surface area contributed by atoms with Crippen LogP contribution in [0.4, 0.5) is 0 Å². The number of nitrogens with two attached hydrogens (primary N) is 1. The van der Waals surface area contributed by atoms with Gasteiger partial charge >= 0.3 is 0 Å². The first kappa shape index (κ1) is 8.38. The standard InChI is InChI=1S/C10H13NO2/c1-2-8(11)7-3-4-9-10(5-7)13-6-12-9/h3-5,8H,2,6,11H2,1H3. The van der Waals surface area contributed by atoms with E-state index >= 15 is 0 Å². The van der Waals surface area contributed by atoms with E-state index in [1.54, 1.807) is 0 Å². The molecule has 0 saturated heterocycles. The number of fused-ring (bicyclic) bond motifs is 1. The molecule has 2 N–H and O–H groups in total. The third-order valence-corrected chi connectivity index (χ3v) is 2.26. The van der Waals surface area contributed by atoms with Crippen molar-refractivity contribution in [1.82, 2.24) is 0 Å². The first-order valence-electron chi connectivity index (χ1n) is 4.46. The van der Waals surface area contributed by atoms with E-state index in [-0.39, 0.29) is 6.04 Å². The lowest BCUT2D eigenvalue weighted by Gasteiger charge is -2.09. The summed E-state index contributed by atoms with van der Waals surface area (Å²) in [6, 6.07) is 5.94. The zero-order chi connectivity index (χ0) is 9.26. The summed E-state index contributed by atoms with van der Waals surface area (Å²) in [4.78, 5) is 0. The predicted molar refractivity (Wildman–Crippen MR) is 49.8 cm³/mol. The second-order valence-corrected chi connectivity index (χ2v) is 3.13. The third-order valence-electron chi connectivity index (χ3n) is 2.26.